The van der Waals surface area contributed by atoms with Crippen molar-refractivity contribution in [2.24, 2.45) is 0 Å². The van der Waals surface area contributed by atoms with Crippen molar-refractivity contribution < 1.29 is 4.92 Å². The van der Waals surface area contributed by atoms with Crippen molar-refractivity contribution in [1.82, 2.24) is 19.9 Å². The van der Waals surface area contributed by atoms with Crippen LogP contribution in [-0.2, 0) is 16.2 Å². The average molecular weight is 828 g/mol. The summed E-state index contributed by atoms with van der Waals surface area (Å²) in [6.45, 7) is 20.1. The van der Waals surface area contributed by atoms with E-state index in [1.165, 1.54) is 16.7 Å². The highest BCUT2D eigenvalue weighted by Gasteiger charge is 2.22. The lowest BCUT2D eigenvalue weighted by Crippen LogP contribution is -2.10. The number of nitrogens with zero attached hydrogens (tertiary/aromatic N) is 3. The second kappa shape index (κ2) is 15.3. The first-order valence-electron chi connectivity index (χ1n) is 21.7. The number of fused-ring (bicyclic) bond motifs is 8. The molecule has 2 aliphatic heterocycles. The van der Waals surface area contributed by atoms with E-state index in [0.717, 1.165) is 89.4 Å². The van der Waals surface area contributed by atoms with Crippen LogP contribution in [0, 0.1) is 10.1 Å². The zero-order chi connectivity index (χ0) is 44.4. The molecule has 5 heterocycles. The van der Waals surface area contributed by atoms with Crippen LogP contribution in [0.2, 0.25) is 0 Å². The van der Waals surface area contributed by atoms with Gasteiger partial charge in [0.2, 0.25) is 0 Å². The third-order valence-corrected chi connectivity index (χ3v) is 12.2. The lowest BCUT2D eigenvalue weighted by Gasteiger charge is -2.19. The number of non-ortho nitro benzene ring substituents is 1. The van der Waals surface area contributed by atoms with Crippen molar-refractivity contribution >= 4 is 52.1 Å². The van der Waals surface area contributed by atoms with E-state index < -0.39 is 0 Å². The summed E-state index contributed by atoms with van der Waals surface area (Å²) in [4.78, 5) is 30.0. The molecule has 0 radical (unpaired) electrons. The Kier molecular flexibility index (Phi) is 10.0. The molecule has 3 aromatic heterocycles. The Morgan fingerprint density at radius 2 is 0.619 bits per heavy atom. The van der Waals surface area contributed by atoms with Crippen molar-refractivity contribution in [3.05, 3.63) is 171 Å². The van der Waals surface area contributed by atoms with Crippen molar-refractivity contribution in [3.8, 4) is 44.5 Å². The molecule has 2 N–H and O–H groups in total. The minimum Gasteiger partial charge on any atom is -0.354 e. The normalized spacial score (nSPS) is 12.8. The summed E-state index contributed by atoms with van der Waals surface area (Å²) in [7, 11) is 0. The van der Waals surface area contributed by atoms with Gasteiger partial charge in [0, 0.05) is 56.5 Å². The van der Waals surface area contributed by atoms with Gasteiger partial charge in [0.05, 0.1) is 27.7 Å². The van der Waals surface area contributed by atoms with Gasteiger partial charge in [-0.25, -0.2) is 9.97 Å². The molecule has 0 fully saturated rings. The fourth-order valence-electron chi connectivity index (χ4n) is 8.58. The molecule has 0 saturated carbocycles. The van der Waals surface area contributed by atoms with Crippen LogP contribution in [0.4, 0.5) is 5.69 Å². The van der Waals surface area contributed by atoms with Crippen LogP contribution in [0.15, 0.2) is 121 Å². The van der Waals surface area contributed by atoms with Gasteiger partial charge in [-0.05, 0) is 116 Å². The van der Waals surface area contributed by atoms with E-state index in [0.29, 0.717) is 0 Å². The maximum Gasteiger partial charge on any atom is 0.269 e. The quantitative estimate of drug-likeness (QED) is 0.133. The van der Waals surface area contributed by atoms with Gasteiger partial charge in [0.25, 0.3) is 5.69 Å². The Labute approximate surface area is 369 Å². The predicted octanol–water partition coefficient (Wildman–Crippen LogP) is 15.1. The first kappa shape index (κ1) is 41.2. The van der Waals surface area contributed by atoms with Crippen molar-refractivity contribution in [3.63, 3.8) is 0 Å². The van der Waals surface area contributed by atoms with Crippen LogP contribution >= 0.6 is 0 Å². The molecule has 0 saturated heterocycles. The molecule has 7 heteroatoms. The van der Waals surface area contributed by atoms with E-state index >= 15 is 0 Å². The molecule has 4 aromatic carbocycles. The molecule has 0 atom stereocenters. The van der Waals surface area contributed by atoms with Crippen LogP contribution in [0.25, 0.3) is 90.9 Å². The maximum atomic E-state index is 11.8. The van der Waals surface area contributed by atoms with Gasteiger partial charge in [0.15, 0.2) is 0 Å². The first-order valence-corrected chi connectivity index (χ1v) is 21.7. The van der Waals surface area contributed by atoms with Gasteiger partial charge < -0.3 is 9.97 Å². The zero-order valence-corrected chi connectivity index (χ0v) is 37.5. The van der Waals surface area contributed by atoms with Crippen LogP contribution < -0.4 is 0 Å². The minimum absolute atomic E-state index is 0.00383. The SMILES string of the molecule is CC(C)(C)c1ccc(-c2c3nc(c(-c4ccc(C(C)(C)C)cc4)c4ccc([nH]4)c(-c4ccc(C(C)(C)C)cc4)c4nc(c(-c5ccc([N+](=O)[O-])cc5)c5ccc2[nH]5)C=C4)C=C3)cc1. The average Bonchev–Trinajstić information content (AvgIpc) is 4.09. The predicted molar refractivity (Wildman–Crippen MR) is 263 cm³/mol. The molecular formula is C56H53N5O2. The van der Waals surface area contributed by atoms with Gasteiger partial charge in [-0.15, -0.1) is 0 Å². The number of aromatic amines is 2. The molecule has 0 spiro atoms. The van der Waals surface area contributed by atoms with Crippen molar-refractivity contribution in [1.29, 1.82) is 0 Å². The maximum absolute atomic E-state index is 11.8. The number of rotatable bonds is 5. The Morgan fingerprint density at radius 3 is 0.841 bits per heavy atom. The summed E-state index contributed by atoms with van der Waals surface area (Å²) in [6, 6.07) is 41.7. The fourth-order valence-corrected chi connectivity index (χ4v) is 8.58. The van der Waals surface area contributed by atoms with Gasteiger partial charge in [-0.2, -0.15) is 0 Å². The third kappa shape index (κ3) is 7.96. The number of aromatic nitrogens is 4. The fraction of sp³-hybridized carbons (Fsp3) is 0.214. The number of hydrogen-bond acceptors (Lipinski definition) is 4. The topological polar surface area (TPSA) is 100 Å². The number of H-pyrrole nitrogens is 2. The summed E-state index contributed by atoms with van der Waals surface area (Å²) >= 11 is 0. The summed E-state index contributed by atoms with van der Waals surface area (Å²) in [5.41, 5.74) is 18.3. The molecular weight excluding hydrogens is 775 g/mol. The number of nitro groups is 1. The van der Waals surface area contributed by atoms with Crippen LogP contribution in [0.5, 0.6) is 0 Å². The van der Waals surface area contributed by atoms with E-state index in [9.17, 15) is 10.1 Å². The van der Waals surface area contributed by atoms with Crippen LogP contribution in [-0.4, -0.2) is 24.9 Å². The van der Waals surface area contributed by atoms with Crippen LogP contribution in [0.1, 0.15) is 102 Å². The highest BCUT2D eigenvalue weighted by molar-refractivity contribution is 6.00. The summed E-state index contributed by atoms with van der Waals surface area (Å²) in [5, 5.41) is 11.8. The molecule has 0 amide bonds. The number of nitro benzene ring substituents is 1. The van der Waals surface area contributed by atoms with E-state index in [1.807, 2.05) is 6.08 Å². The molecule has 63 heavy (non-hydrogen) atoms. The molecule has 2 aliphatic rings. The number of nitrogens with one attached hydrogen (secondary N) is 2. The van der Waals surface area contributed by atoms with E-state index in [2.05, 4.69) is 188 Å². The van der Waals surface area contributed by atoms with E-state index in [-0.39, 0.29) is 26.9 Å². The van der Waals surface area contributed by atoms with Gasteiger partial charge in [-0.1, -0.05) is 135 Å². The number of benzene rings is 4. The monoisotopic (exact) mass is 827 g/mol. The van der Waals surface area contributed by atoms with E-state index in [1.54, 1.807) is 24.3 Å². The molecule has 7 nitrogen and oxygen atoms in total. The summed E-state index contributed by atoms with van der Waals surface area (Å²) < 4.78 is 0. The Hall–Kier alpha value is -7.12. The zero-order valence-electron chi connectivity index (χ0n) is 37.5. The lowest BCUT2D eigenvalue weighted by atomic mass is 9.86. The molecule has 7 aromatic rings. The van der Waals surface area contributed by atoms with Gasteiger partial charge in [0.1, 0.15) is 0 Å². The largest absolute Gasteiger partial charge is 0.354 e. The second-order valence-corrected chi connectivity index (χ2v) is 19.8. The van der Waals surface area contributed by atoms with Gasteiger partial charge >= 0.3 is 0 Å². The molecule has 0 aliphatic carbocycles. The molecule has 8 bridgehead atoms. The highest BCUT2D eigenvalue weighted by Crippen LogP contribution is 2.40. The summed E-state index contributed by atoms with van der Waals surface area (Å²) in [5.74, 6) is 0. The second-order valence-electron chi connectivity index (χ2n) is 19.8. The Bertz CT molecular complexity index is 3090. The smallest absolute Gasteiger partial charge is 0.269 e. The standard InChI is InChI=1S/C56H53N5O2/c1-54(2,3)38-18-10-34(11-19-38)50-42-26-28-44(57-42)51(35-12-20-39(21-13-35)55(4,5)6)46-30-32-48(59-46)53(37-16-24-41(25-17-37)61(62)63)49-33-31-47(60-49)52(45-29-27-43(50)58-45)36-14-22-40(23-15-36)56(7,8)9/h10-33,57,60H,1-9H3. The molecule has 9 rings (SSSR count). The van der Waals surface area contributed by atoms with E-state index in [4.69, 9.17) is 9.97 Å². The highest BCUT2D eigenvalue weighted by atomic mass is 16.6. The minimum atomic E-state index is -0.368. The lowest BCUT2D eigenvalue weighted by molar-refractivity contribution is -0.384. The third-order valence-electron chi connectivity index (χ3n) is 12.2. The molecule has 314 valence electrons. The Morgan fingerprint density at radius 1 is 0.381 bits per heavy atom. The van der Waals surface area contributed by atoms with Gasteiger partial charge in [-0.3, -0.25) is 10.1 Å². The first-order chi connectivity index (χ1) is 29.9. The molecule has 0 unspecified atom stereocenters. The Balaban J connectivity index is 1.42. The van der Waals surface area contributed by atoms with Crippen LogP contribution in [0.3, 0.4) is 0 Å². The van der Waals surface area contributed by atoms with Crippen molar-refractivity contribution in [2.75, 3.05) is 0 Å². The van der Waals surface area contributed by atoms with Crippen molar-refractivity contribution in [2.45, 2.75) is 78.6 Å². The summed E-state index contributed by atoms with van der Waals surface area (Å²) in [6.07, 6.45) is 8.37. The number of hydrogen-bond donors (Lipinski definition) is 2.